The third-order valence-electron chi connectivity index (χ3n) is 3.68. The van der Waals surface area contributed by atoms with E-state index in [1.165, 1.54) is 29.9 Å². The zero-order valence-electron chi connectivity index (χ0n) is 10.6. The molecule has 2 heterocycles. The van der Waals surface area contributed by atoms with Crippen LogP contribution in [0.5, 0.6) is 0 Å². The molecule has 0 spiro atoms. The van der Waals surface area contributed by atoms with Crippen molar-refractivity contribution in [3.63, 3.8) is 0 Å². The minimum atomic E-state index is 0.597. The van der Waals surface area contributed by atoms with Gasteiger partial charge in [-0.2, -0.15) is 0 Å². The molecule has 5 heteroatoms. The van der Waals surface area contributed by atoms with Crippen LogP contribution in [0, 0.1) is 0 Å². The zero-order valence-corrected chi connectivity index (χ0v) is 12.2. The van der Waals surface area contributed by atoms with Crippen LogP contribution < -0.4 is 0 Å². The van der Waals surface area contributed by atoms with E-state index in [1.807, 2.05) is 0 Å². The van der Waals surface area contributed by atoms with Gasteiger partial charge in [-0.25, -0.2) is 0 Å². The van der Waals surface area contributed by atoms with Gasteiger partial charge in [0.25, 0.3) is 0 Å². The molecule has 0 saturated carbocycles. The highest BCUT2D eigenvalue weighted by atomic mass is 35.5. The summed E-state index contributed by atoms with van der Waals surface area (Å²) in [5, 5.41) is 4.12. The van der Waals surface area contributed by atoms with Crippen molar-refractivity contribution in [2.75, 3.05) is 6.54 Å². The Bertz CT molecular complexity index is 528. The van der Waals surface area contributed by atoms with Crippen molar-refractivity contribution in [3.8, 4) is 0 Å². The number of hydrogen-bond donors (Lipinski definition) is 0. The number of rotatable bonds is 4. The Hall–Kier alpha value is -0.970. The molecular formula is C14H16ClN3S. The van der Waals surface area contributed by atoms with Crippen LogP contribution in [0.1, 0.15) is 24.1 Å². The molecule has 0 N–H and O–H groups in total. The molecule has 2 aromatic rings. The molecule has 0 aliphatic carbocycles. The van der Waals surface area contributed by atoms with E-state index in [0.29, 0.717) is 6.04 Å². The molecule has 1 atom stereocenters. The average molecular weight is 294 g/mol. The predicted octanol–water partition coefficient (Wildman–Crippen LogP) is 3.40. The first-order valence-corrected chi connectivity index (χ1v) is 7.73. The Balaban J connectivity index is 1.67. The quantitative estimate of drug-likeness (QED) is 0.865. The van der Waals surface area contributed by atoms with Gasteiger partial charge in [0.15, 0.2) is 0 Å². The van der Waals surface area contributed by atoms with Crippen LogP contribution in [0.25, 0.3) is 0 Å². The van der Waals surface area contributed by atoms with Crippen LogP contribution in [-0.2, 0) is 13.0 Å². The van der Waals surface area contributed by atoms with Crippen LogP contribution in [-0.4, -0.2) is 27.1 Å². The Morgan fingerprint density at radius 3 is 2.89 bits per heavy atom. The Morgan fingerprint density at radius 1 is 1.32 bits per heavy atom. The highest BCUT2D eigenvalue weighted by Crippen LogP contribution is 2.26. The van der Waals surface area contributed by atoms with Crippen LogP contribution in [0.15, 0.2) is 30.3 Å². The molecule has 1 aromatic heterocycles. The fourth-order valence-electron chi connectivity index (χ4n) is 2.70. The lowest BCUT2D eigenvalue weighted by molar-refractivity contribution is 0.241. The molecule has 1 aliphatic heterocycles. The molecule has 0 bridgehead atoms. The van der Waals surface area contributed by atoms with Crippen molar-refractivity contribution in [1.29, 1.82) is 0 Å². The smallest absolute Gasteiger partial charge is 0.138 e. The third-order valence-corrected chi connectivity index (χ3v) is 4.66. The first kappa shape index (κ1) is 13.0. The summed E-state index contributed by atoms with van der Waals surface area (Å²) in [5.41, 5.74) is 2.33. The van der Waals surface area contributed by atoms with E-state index in [4.69, 9.17) is 11.6 Å². The molecule has 3 nitrogen and oxygen atoms in total. The number of halogens is 1. The van der Waals surface area contributed by atoms with Crippen molar-refractivity contribution in [1.82, 2.24) is 14.5 Å². The summed E-state index contributed by atoms with van der Waals surface area (Å²) in [6, 6.07) is 11.3. The summed E-state index contributed by atoms with van der Waals surface area (Å²) in [4.78, 5) is 2.48. The number of nitrogens with zero attached hydrogens (tertiary/aromatic N) is 3. The molecule has 0 amide bonds. The van der Waals surface area contributed by atoms with Gasteiger partial charge in [0.2, 0.25) is 0 Å². The Labute approximate surface area is 122 Å². The van der Waals surface area contributed by atoms with Gasteiger partial charge in [-0.15, -0.1) is 5.10 Å². The first-order valence-electron chi connectivity index (χ1n) is 6.57. The second-order valence-electron chi connectivity index (χ2n) is 4.95. The molecule has 19 heavy (non-hydrogen) atoms. The van der Waals surface area contributed by atoms with E-state index < -0.39 is 0 Å². The maximum atomic E-state index is 6.09. The average Bonchev–Trinajstić information content (AvgIpc) is 3.02. The topological polar surface area (TPSA) is 29.0 Å². The van der Waals surface area contributed by atoms with Crippen LogP contribution in [0.2, 0.25) is 4.34 Å². The maximum absolute atomic E-state index is 6.09. The van der Waals surface area contributed by atoms with E-state index in [1.54, 1.807) is 0 Å². The van der Waals surface area contributed by atoms with Gasteiger partial charge < -0.3 is 0 Å². The number of aromatic nitrogens is 2. The molecule has 1 saturated heterocycles. The van der Waals surface area contributed by atoms with Gasteiger partial charge >= 0.3 is 0 Å². The lowest BCUT2D eigenvalue weighted by Gasteiger charge is -2.23. The predicted molar refractivity (Wildman–Crippen MR) is 78.5 cm³/mol. The van der Waals surface area contributed by atoms with Gasteiger partial charge in [0.1, 0.15) is 10.0 Å². The normalized spacial score (nSPS) is 19.9. The molecule has 0 radical (unpaired) electrons. The SMILES string of the molecule is Clc1snnc1CN1CCCC1Cc1ccccc1. The number of benzene rings is 1. The molecule has 1 aliphatic rings. The molecule has 1 unspecified atom stereocenters. The van der Waals surface area contributed by atoms with Gasteiger partial charge in [0.05, 0.1) is 0 Å². The second-order valence-corrected chi connectivity index (χ2v) is 6.31. The Morgan fingerprint density at radius 2 is 2.16 bits per heavy atom. The third kappa shape index (κ3) is 3.14. The van der Waals surface area contributed by atoms with Crippen LogP contribution in [0.4, 0.5) is 0 Å². The molecule has 100 valence electrons. The summed E-state index contributed by atoms with van der Waals surface area (Å²) >= 11 is 7.36. The van der Waals surface area contributed by atoms with Crippen molar-refractivity contribution < 1.29 is 0 Å². The maximum Gasteiger partial charge on any atom is 0.138 e. The standard InChI is InChI=1S/C14H16ClN3S/c15-14-13(16-17-19-14)10-18-8-4-7-12(18)9-11-5-2-1-3-6-11/h1-3,5-6,12H,4,7-10H2. The summed E-state index contributed by atoms with van der Waals surface area (Å²) in [7, 11) is 0. The van der Waals surface area contributed by atoms with Crippen molar-refractivity contribution >= 4 is 23.1 Å². The summed E-state index contributed by atoms with van der Waals surface area (Å²) in [5.74, 6) is 0. The monoisotopic (exact) mass is 293 g/mol. The fourth-order valence-corrected chi connectivity index (χ4v) is 3.32. The van der Waals surface area contributed by atoms with E-state index >= 15 is 0 Å². The van der Waals surface area contributed by atoms with Gasteiger partial charge in [-0.3, -0.25) is 4.90 Å². The largest absolute Gasteiger partial charge is 0.294 e. The summed E-state index contributed by atoms with van der Waals surface area (Å²) in [6.45, 7) is 1.96. The summed E-state index contributed by atoms with van der Waals surface area (Å²) < 4.78 is 4.63. The molecule has 1 aromatic carbocycles. The molecular weight excluding hydrogens is 278 g/mol. The minimum absolute atomic E-state index is 0.597. The second kappa shape index (κ2) is 5.99. The zero-order chi connectivity index (χ0) is 13.1. The van der Waals surface area contributed by atoms with E-state index in [-0.39, 0.29) is 0 Å². The van der Waals surface area contributed by atoms with Gasteiger partial charge in [-0.05, 0) is 31.4 Å². The number of likely N-dealkylation sites (tertiary alicyclic amines) is 1. The van der Waals surface area contributed by atoms with Gasteiger partial charge in [-0.1, -0.05) is 46.4 Å². The minimum Gasteiger partial charge on any atom is -0.294 e. The fraction of sp³-hybridized carbons (Fsp3) is 0.429. The van der Waals surface area contributed by atoms with Crippen molar-refractivity contribution in [2.24, 2.45) is 0 Å². The Kier molecular flexibility index (Phi) is 4.11. The van der Waals surface area contributed by atoms with Crippen LogP contribution in [0.3, 0.4) is 0 Å². The van der Waals surface area contributed by atoms with E-state index in [9.17, 15) is 0 Å². The molecule has 1 fully saturated rings. The van der Waals surface area contributed by atoms with Crippen molar-refractivity contribution in [3.05, 3.63) is 45.9 Å². The molecule has 3 rings (SSSR count). The van der Waals surface area contributed by atoms with Crippen molar-refractivity contribution in [2.45, 2.75) is 31.8 Å². The van der Waals surface area contributed by atoms with Crippen LogP contribution >= 0.6 is 23.1 Å². The lowest BCUT2D eigenvalue weighted by Crippen LogP contribution is -2.30. The van der Waals surface area contributed by atoms with Gasteiger partial charge in [0, 0.05) is 24.1 Å². The lowest BCUT2D eigenvalue weighted by atomic mass is 10.0. The first-order chi connectivity index (χ1) is 9.33. The summed E-state index contributed by atoms with van der Waals surface area (Å²) in [6.07, 6.45) is 3.62. The number of hydrogen-bond acceptors (Lipinski definition) is 4. The van der Waals surface area contributed by atoms with E-state index in [0.717, 1.165) is 29.5 Å². The highest BCUT2D eigenvalue weighted by Gasteiger charge is 2.26. The highest BCUT2D eigenvalue weighted by molar-refractivity contribution is 7.10. The van der Waals surface area contributed by atoms with E-state index in [2.05, 4.69) is 44.8 Å².